The number of hydrogen-bond donors (Lipinski definition) is 1. The maximum Gasteiger partial charge on any atom is 0.284 e. The normalized spacial score (nSPS) is 13.2. The molecule has 1 aliphatic rings. The molecule has 0 radical (unpaired) electrons. The number of hydrazine groups is 1. The molecule has 0 bridgehead atoms. The Bertz CT molecular complexity index is 973. The Kier molecular flexibility index (Phi) is 4.73. The summed E-state index contributed by atoms with van der Waals surface area (Å²) in [7, 11) is 0. The van der Waals surface area contributed by atoms with E-state index in [0.717, 1.165) is 12.5 Å². The lowest BCUT2D eigenvalue weighted by Gasteiger charge is -2.27. The lowest BCUT2D eigenvalue weighted by molar-refractivity contribution is -0.385. The van der Waals surface area contributed by atoms with E-state index in [9.17, 15) is 24.5 Å². The molecule has 0 saturated carbocycles. The minimum Gasteiger partial charge on any atom is -0.273 e. The molecular formula is C17H14BrN3O5. The van der Waals surface area contributed by atoms with Crippen LogP contribution in [0.4, 0.5) is 5.69 Å². The van der Waals surface area contributed by atoms with Crippen molar-refractivity contribution in [2.45, 2.75) is 26.2 Å². The first-order chi connectivity index (χ1) is 12.4. The van der Waals surface area contributed by atoms with Gasteiger partial charge in [0.15, 0.2) is 0 Å². The van der Waals surface area contributed by atoms with Gasteiger partial charge >= 0.3 is 0 Å². The summed E-state index contributed by atoms with van der Waals surface area (Å²) in [6, 6.07) is 5.80. The number of nitro benzene ring substituents is 1. The van der Waals surface area contributed by atoms with Crippen molar-refractivity contribution in [3.05, 3.63) is 50.0 Å². The molecular weight excluding hydrogens is 406 g/mol. The van der Waals surface area contributed by atoms with Crippen LogP contribution in [0.1, 0.15) is 46.9 Å². The molecule has 9 heteroatoms. The molecule has 1 aliphatic heterocycles. The molecule has 3 amide bonds. The smallest absolute Gasteiger partial charge is 0.273 e. The number of unbranched alkanes of at least 4 members (excludes halogenated alkanes) is 1. The number of benzene rings is 2. The Morgan fingerprint density at radius 2 is 1.96 bits per heavy atom. The highest BCUT2D eigenvalue weighted by atomic mass is 79.9. The van der Waals surface area contributed by atoms with E-state index in [4.69, 9.17) is 0 Å². The zero-order chi connectivity index (χ0) is 19.0. The molecule has 0 saturated heterocycles. The summed E-state index contributed by atoms with van der Waals surface area (Å²) in [5.41, 5.74) is 2.23. The average molecular weight is 420 g/mol. The fourth-order valence-corrected chi connectivity index (χ4v) is 3.46. The van der Waals surface area contributed by atoms with E-state index in [1.807, 2.05) is 6.92 Å². The van der Waals surface area contributed by atoms with Gasteiger partial charge in [0, 0.05) is 23.3 Å². The van der Waals surface area contributed by atoms with Crippen LogP contribution in [0.15, 0.2) is 28.7 Å². The van der Waals surface area contributed by atoms with Gasteiger partial charge in [0.05, 0.1) is 16.1 Å². The molecule has 0 aliphatic carbocycles. The quantitative estimate of drug-likeness (QED) is 0.453. The van der Waals surface area contributed by atoms with Gasteiger partial charge in [-0.3, -0.25) is 29.9 Å². The highest BCUT2D eigenvalue weighted by Crippen LogP contribution is 2.39. The van der Waals surface area contributed by atoms with Crippen LogP contribution >= 0.6 is 15.9 Å². The van der Waals surface area contributed by atoms with Crippen LogP contribution in [0.2, 0.25) is 0 Å². The van der Waals surface area contributed by atoms with E-state index >= 15 is 0 Å². The third-order valence-electron chi connectivity index (χ3n) is 4.13. The highest BCUT2D eigenvalue weighted by Gasteiger charge is 2.36. The number of rotatable bonds is 5. The molecule has 0 atom stereocenters. The van der Waals surface area contributed by atoms with Gasteiger partial charge in [-0.25, -0.2) is 0 Å². The second-order valence-electron chi connectivity index (χ2n) is 5.83. The molecule has 0 aromatic heterocycles. The molecule has 0 unspecified atom stereocenters. The number of carbonyl (C=O) groups excluding carboxylic acids is 3. The van der Waals surface area contributed by atoms with E-state index in [-0.39, 0.29) is 27.7 Å². The van der Waals surface area contributed by atoms with Crippen molar-refractivity contribution < 1.29 is 19.3 Å². The first-order valence-corrected chi connectivity index (χ1v) is 8.74. The Morgan fingerprint density at radius 3 is 2.62 bits per heavy atom. The molecule has 3 rings (SSSR count). The van der Waals surface area contributed by atoms with Crippen molar-refractivity contribution in [1.82, 2.24) is 10.4 Å². The van der Waals surface area contributed by atoms with Crippen molar-refractivity contribution in [3.63, 3.8) is 0 Å². The number of amides is 3. The standard InChI is InChI=1S/C17H14BrN3O5/c1-2-3-7-13(22)19-20-16(23)10-6-4-5-9-14(10)11(17(20)24)8-12(15(9)18)21(25)26/h4-6,8H,2-3,7H2,1H3,(H,19,22). The van der Waals surface area contributed by atoms with Crippen molar-refractivity contribution >= 4 is 50.1 Å². The van der Waals surface area contributed by atoms with Crippen LogP contribution < -0.4 is 5.43 Å². The minimum atomic E-state index is -0.792. The van der Waals surface area contributed by atoms with Crippen molar-refractivity contribution in [3.8, 4) is 0 Å². The zero-order valence-electron chi connectivity index (χ0n) is 13.7. The second-order valence-corrected chi connectivity index (χ2v) is 6.62. The molecule has 1 N–H and O–H groups in total. The van der Waals surface area contributed by atoms with Gasteiger partial charge < -0.3 is 0 Å². The third kappa shape index (κ3) is 2.84. The fourth-order valence-electron chi connectivity index (χ4n) is 2.87. The summed E-state index contributed by atoms with van der Waals surface area (Å²) in [4.78, 5) is 48.1. The molecule has 0 spiro atoms. The number of nitro groups is 1. The summed E-state index contributed by atoms with van der Waals surface area (Å²) in [6.07, 6.45) is 1.58. The maximum atomic E-state index is 12.8. The van der Waals surface area contributed by atoms with Crippen LogP contribution in [0.25, 0.3) is 10.8 Å². The fraction of sp³-hybridized carbons (Fsp3) is 0.235. The minimum absolute atomic E-state index is 0.000825. The lowest BCUT2D eigenvalue weighted by Crippen LogP contribution is -2.51. The average Bonchev–Trinajstić information content (AvgIpc) is 2.62. The zero-order valence-corrected chi connectivity index (χ0v) is 15.3. The lowest BCUT2D eigenvalue weighted by atomic mass is 9.94. The van der Waals surface area contributed by atoms with E-state index < -0.39 is 22.6 Å². The van der Waals surface area contributed by atoms with E-state index in [0.29, 0.717) is 22.2 Å². The Labute approximate surface area is 156 Å². The molecule has 134 valence electrons. The van der Waals surface area contributed by atoms with Gasteiger partial charge in [-0.15, -0.1) is 0 Å². The first kappa shape index (κ1) is 18.0. The largest absolute Gasteiger partial charge is 0.284 e. The molecule has 2 aromatic carbocycles. The Morgan fingerprint density at radius 1 is 1.27 bits per heavy atom. The van der Waals surface area contributed by atoms with E-state index in [1.165, 1.54) is 6.07 Å². The molecule has 1 heterocycles. The first-order valence-electron chi connectivity index (χ1n) is 7.94. The molecule has 2 aromatic rings. The molecule has 26 heavy (non-hydrogen) atoms. The summed E-state index contributed by atoms with van der Waals surface area (Å²) < 4.78 is 0.198. The van der Waals surface area contributed by atoms with Gasteiger partial charge in [-0.05, 0) is 28.4 Å². The van der Waals surface area contributed by atoms with E-state index in [2.05, 4.69) is 21.4 Å². The number of hydrogen-bond acceptors (Lipinski definition) is 5. The van der Waals surface area contributed by atoms with Crippen molar-refractivity contribution in [2.24, 2.45) is 0 Å². The summed E-state index contributed by atoms with van der Waals surface area (Å²) in [5.74, 6) is -1.92. The second kappa shape index (κ2) is 6.83. The van der Waals surface area contributed by atoms with Crippen LogP contribution in [0.5, 0.6) is 0 Å². The number of imide groups is 1. The van der Waals surface area contributed by atoms with Crippen LogP contribution in [-0.2, 0) is 4.79 Å². The Hall–Kier alpha value is -2.81. The molecule has 8 nitrogen and oxygen atoms in total. The van der Waals surface area contributed by atoms with Crippen molar-refractivity contribution in [2.75, 3.05) is 0 Å². The monoisotopic (exact) mass is 419 g/mol. The van der Waals surface area contributed by atoms with Gasteiger partial charge in [-0.2, -0.15) is 5.01 Å². The predicted octanol–water partition coefficient (Wildman–Crippen LogP) is 3.33. The van der Waals surface area contributed by atoms with E-state index in [1.54, 1.807) is 12.1 Å². The number of nitrogens with one attached hydrogen (secondary N) is 1. The summed E-state index contributed by atoms with van der Waals surface area (Å²) >= 11 is 3.18. The number of nitrogens with zero attached hydrogens (tertiary/aromatic N) is 2. The topological polar surface area (TPSA) is 110 Å². The highest BCUT2D eigenvalue weighted by molar-refractivity contribution is 9.10. The molecule has 0 fully saturated rings. The third-order valence-corrected chi connectivity index (χ3v) is 4.97. The van der Waals surface area contributed by atoms with Gasteiger partial charge in [-0.1, -0.05) is 25.5 Å². The number of carbonyl (C=O) groups is 3. The van der Waals surface area contributed by atoms with Gasteiger partial charge in [0.2, 0.25) is 5.91 Å². The maximum absolute atomic E-state index is 12.8. The van der Waals surface area contributed by atoms with Gasteiger partial charge in [0.1, 0.15) is 4.47 Å². The SMILES string of the molecule is CCCCC(=O)NN1C(=O)c2cccc3c(Br)c([N+](=O)[O-])cc(c23)C1=O. The summed E-state index contributed by atoms with van der Waals surface area (Å²) in [5, 5.41) is 12.7. The van der Waals surface area contributed by atoms with Crippen LogP contribution in [-0.4, -0.2) is 27.7 Å². The number of halogens is 1. The summed E-state index contributed by atoms with van der Waals surface area (Å²) in [6.45, 7) is 1.92. The Balaban J connectivity index is 2.14. The van der Waals surface area contributed by atoms with Crippen molar-refractivity contribution in [1.29, 1.82) is 0 Å². The van der Waals surface area contributed by atoms with Crippen LogP contribution in [0, 0.1) is 10.1 Å². The van der Waals surface area contributed by atoms with Crippen LogP contribution in [0.3, 0.4) is 0 Å². The predicted molar refractivity (Wildman–Crippen MR) is 96.5 cm³/mol. The van der Waals surface area contributed by atoms with Gasteiger partial charge in [0.25, 0.3) is 17.5 Å².